The number of carbonyl (C=O) groups excluding carboxylic acids is 3. The zero-order valence-corrected chi connectivity index (χ0v) is 14.1. The number of rotatable bonds is 6. The number of β-lactam (4-membered cyclic amide) rings is 1. The van der Waals surface area contributed by atoms with E-state index in [-0.39, 0.29) is 25.1 Å². The molecule has 1 saturated heterocycles. The average Bonchev–Trinajstić information content (AvgIpc) is 2.66. The number of ether oxygens (including phenoxy) is 1. The summed E-state index contributed by atoms with van der Waals surface area (Å²) in [6.07, 6.45) is -0.131. The Hall–Kier alpha value is -3.35. The highest BCUT2D eigenvalue weighted by molar-refractivity contribution is 6.02. The summed E-state index contributed by atoms with van der Waals surface area (Å²) in [6.45, 7) is 0.938. The van der Waals surface area contributed by atoms with E-state index >= 15 is 0 Å². The Bertz CT molecular complexity index is 807. The Morgan fingerprint density at radius 3 is 2.46 bits per heavy atom. The summed E-state index contributed by atoms with van der Waals surface area (Å²) in [7, 11) is 0. The molecule has 0 spiro atoms. The van der Waals surface area contributed by atoms with Gasteiger partial charge in [-0.2, -0.15) is 0 Å². The molecule has 1 aliphatic rings. The van der Waals surface area contributed by atoms with Gasteiger partial charge in [-0.05, 0) is 17.7 Å². The Balaban J connectivity index is 1.56. The van der Waals surface area contributed by atoms with Crippen LogP contribution in [-0.2, 0) is 16.1 Å². The van der Waals surface area contributed by atoms with Crippen molar-refractivity contribution in [2.45, 2.75) is 13.0 Å². The van der Waals surface area contributed by atoms with Gasteiger partial charge in [0, 0.05) is 13.0 Å². The van der Waals surface area contributed by atoms with Crippen LogP contribution in [-0.4, -0.2) is 36.0 Å². The van der Waals surface area contributed by atoms with Crippen molar-refractivity contribution in [3.63, 3.8) is 0 Å². The van der Waals surface area contributed by atoms with E-state index in [1.54, 1.807) is 29.2 Å². The summed E-state index contributed by atoms with van der Waals surface area (Å²) < 4.78 is 5.17. The number of para-hydroxylation sites is 1. The van der Waals surface area contributed by atoms with E-state index in [1.807, 2.05) is 30.3 Å². The van der Waals surface area contributed by atoms with Gasteiger partial charge >= 0.3 is 6.09 Å². The first-order chi connectivity index (χ1) is 12.6. The van der Waals surface area contributed by atoms with Crippen LogP contribution in [0.15, 0.2) is 54.6 Å². The predicted molar refractivity (Wildman–Crippen MR) is 95.4 cm³/mol. The standard InChI is InChI=1S/C19H19N3O4/c23-17-10-11-22(17)13-20-18(24)15-8-4-5-9-16(15)21-19(25)26-12-14-6-2-1-3-7-14/h1-9H,10-13H2,(H,20,24)(H,21,25). The lowest BCUT2D eigenvalue weighted by molar-refractivity contribution is -0.139. The highest BCUT2D eigenvalue weighted by Crippen LogP contribution is 2.16. The Labute approximate surface area is 150 Å². The van der Waals surface area contributed by atoms with Gasteiger partial charge in [-0.15, -0.1) is 0 Å². The fourth-order valence-corrected chi connectivity index (χ4v) is 2.45. The molecule has 0 atom stereocenters. The lowest BCUT2D eigenvalue weighted by atomic mass is 10.1. The van der Waals surface area contributed by atoms with Crippen LogP contribution in [0.2, 0.25) is 0 Å². The Morgan fingerprint density at radius 2 is 1.77 bits per heavy atom. The molecule has 1 heterocycles. The predicted octanol–water partition coefficient (Wildman–Crippen LogP) is 2.35. The van der Waals surface area contributed by atoms with Crippen LogP contribution in [0.5, 0.6) is 0 Å². The second-order valence-electron chi connectivity index (χ2n) is 5.80. The van der Waals surface area contributed by atoms with Gasteiger partial charge in [-0.25, -0.2) is 4.79 Å². The molecule has 3 amide bonds. The molecule has 0 aromatic heterocycles. The minimum atomic E-state index is -0.646. The van der Waals surface area contributed by atoms with Gasteiger partial charge in [0.15, 0.2) is 0 Å². The van der Waals surface area contributed by atoms with Crippen molar-refractivity contribution in [2.75, 3.05) is 18.5 Å². The molecule has 0 radical (unpaired) electrons. The zero-order valence-electron chi connectivity index (χ0n) is 14.1. The molecule has 7 nitrogen and oxygen atoms in total. The van der Waals surface area contributed by atoms with Gasteiger partial charge in [0.1, 0.15) is 6.61 Å². The number of amides is 3. The summed E-state index contributed by atoms with van der Waals surface area (Å²) in [5, 5.41) is 5.26. The second kappa shape index (κ2) is 8.15. The average molecular weight is 353 g/mol. The molecule has 1 aliphatic heterocycles. The number of benzene rings is 2. The number of nitrogens with zero attached hydrogens (tertiary/aromatic N) is 1. The molecule has 26 heavy (non-hydrogen) atoms. The first kappa shape index (κ1) is 17.5. The summed E-state index contributed by atoms with van der Waals surface area (Å²) in [5.41, 5.74) is 1.52. The molecule has 1 fully saturated rings. The number of anilines is 1. The summed E-state index contributed by atoms with van der Waals surface area (Å²) in [5.74, 6) is -0.357. The monoisotopic (exact) mass is 353 g/mol. The first-order valence-corrected chi connectivity index (χ1v) is 8.26. The van der Waals surface area contributed by atoms with Crippen molar-refractivity contribution in [3.8, 4) is 0 Å². The van der Waals surface area contributed by atoms with Gasteiger partial charge in [0.2, 0.25) is 5.91 Å². The van der Waals surface area contributed by atoms with E-state index < -0.39 is 6.09 Å². The molecule has 2 aromatic carbocycles. The largest absolute Gasteiger partial charge is 0.444 e. The molecule has 0 aliphatic carbocycles. The fourth-order valence-electron chi connectivity index (χ4n) is 2.45. The summed E-state index contributed by atoms with van der Waals surface area (Å²) in [6, 6.07) is 15.9. The molecule has 0 unspecified atom stereocenters. The third-order valence-electron chi connectivity index (χ3n) is 4.00. The van der Waals surface area contributed by atoms with E-state index in [4.69, 9.17) is 4.74 Å². The maximum Gasteiger partial charge on any atom is 0.411 e. The number of nitrogens with one attached hydrogen (secondary N) is 2. The zero-order chi connectivity index (χ0) is 18.4. The number of hydrogen-bond acceptors (Lipinski definition) is 4. The molecule has 3 rings (SSSR count). The maximum absolute atomic E-state index is 12.3. The molecule has 0 saturated carbocycles. The van der Waals surface area contributed by atoms with Gasteiger partial charge < -0.3 is 15.0 Å². The smallest absolute Gasteiger partial charge is 0.411 e. The topological polar surface area (TPSA) is 87.7 Å². The van der Waals surface area contributed by atoms with Gasteiger partial charge in [-0.3, -0.25) is 14.9 Å². The highest BCUT2D eigenvalue weighted by Gasteiger charge is 2.24. The van der Waals surface area contributed by atoms with Crippen molar-refractivity contribution in [1.29, 1.82) is 0 Å². The highest BCUT2D eigenvalue weighted by atomic mass is 16.5. The fraction of sp³-hybridized carbons (Fsp3) is 0.211. The molecular formula is C19H19N3O4. The Morgan fingerprint density at radius 1 is 1.04 bits per heavy atom. The van der Waals surface area contributed by atoms with Crippen molar-refractivity contribution < 1.29 is 19.1 Å². The van der Waals surface area contributed by atoms with Gasteiger partial charge in [0.05, 0.1) is 17.9 Å². The van der Waals surface area contributed by atoms with E-state index in [9.17, 15) is 14.4 Å². The first-order valence-electron chi connectivity index (χ1n) is 8.26. The number of likely N-dealkylation sites (tertiary alicyclic amines) is 1. The van der Waals surface area contributed by atoms with Crippen molar-refractivity contribution in [1.82, 2.24) is 10.2 Å². The molecule has 2 aromatic rings. The maximum atomic E-state index is 12.3. The van der Waals surface area contributed by atoms with Crippen molar-refractivity contribution in [3.05, 3.63) is 65.7 Å². The van der Waals surface area contributed by atoms with Crippen LogP contribution >= 0.6 is 0 Å². The van der Waals surface area contributed by atoms with E-state index in [0.717, 1.165) is 5.56 Å². The summed E-state index contributed by atoms with van der Waals surface area (Å²) >= 11 is 0. The summed E-state index contributed by atoms with van der Waals surface area (Å²) in [4.78, 5) is 37.2. The lowest BCUT2D eigenvalue weighted by Gasteiger charge is -2.30. The molecule has 0 bridgehead atoms. The molecular weight excluding hydrogens is 334 g/mol. The van der Waals surface area contributed by atoms with Crippen molar-refractivity contribution in [2.24, 2.45) is 0 Å². The number of hydrogen-bond donors (Lipinski definition) is 2. The molecule has 2 N–H and O–H groups in total. The minimum Gasteiger partial charge on any atom is -0.444 e. The van der Waals surface area contributed by atoms with Gasteiger partial charge in [0.25, 0.3) is 5.91 Å². The van der Waals surface area contributed by atoms with Crippen LogP contribution < -0.4 is 10.6 Å². The molecule has 134 valence electrons. The quantitative estimate of drug-likeness (QED) is 0.781. The van der Waals surface area contributed by atoms with E-state index in [1.165, 1.54) is 0 Å². The van der Waals surface area contributed by atoms with Crippen LogP contribution in [0.3, 0.4) is 0 Å². The van der Waals surface area contributed by atoms with Crippen LogP contribution in [0.25, 0.3) is 0 Å². The van der Waals surface area contributed by atoms with Crippen LogP contribution in [0, 0.1) is 0 Å². The number of carbonyl (C=O) groups is 3. The van der Waals surface area contributed by atoms with E-state index in [0.29, 0.717) is 24.2 Å². The third-order valence-corrected chi connectivity index (χ3v) is 4.00. The van der Waals surface area contributed by atoms with Crippen LogP contribution in [0.1, 0.15) is 22.3 Å². The second-order valence-corrected chi connectivity index (χ2v) is 5.80. The minimum absolute atomic E-state index is 0.0150. The SMILES string of the molecule is O=C(Nc1ccccc1C(=O)NCN1CCC1=O)OCc1ccccc1. The third kappa shape index (κ3) is 4.38. The Kier molecular flexibility index (Phi) is 5.48. The van der Waals surface area contributed by atoms with Crippen molar-refractivity contribution >= 4 is 23.6 Å². The molecule has 7 heteroatoms. The normalized spacial score (nSPS) is 12.9. The van der Waals surface area contributed by atoms with Gasteiger partial charge in [-0.1, -0.05) is 42.5 Å². The lowest BCUT2D eigenvalue weighted by Crippen LogP contribution is -2.49. The van der Waals surface area contributed by atoms with Crippen LogP contribution in [0.4, 0.5) is 10.5 Å². The van der Waals surface area contributed by atoms with E-state index in [2.05, 4.69) is 10.6 Å².